The molecule has 4 nitrogen and oxygen atoms in total. The summed E-state index contributed by atoms with van der Waals surface area (Å²) in [6.45, 7) is 7.14. The Balaban J connectivity index is 2.24. The van der Waals surface area contributed by atoms with Gasteiger partial charge in [0.05, 0.1) is 25.2 Å². The van der Waals surface area contributed by atoms with E-state index in [9.17, 15) is 9.59 Å². The number of Topliss-reactive ketones (excluding diaryl/α,β-unsaturated/α-hetero) is 1. The van der Waals surface area contributed by atoms with Crippen LogP contribution in [0.4, 0.5) is 0 Å². The van der Waals surface area contributed by atoms with E-state index in [2.05, 4.69) is 6.92 Å². The lowest BCUT2D eigenvalue weighted by atomic mass is 9.94. The molecule has 0 amide bonds. The first-order valence-corrected chi connectivity index (χ1v) is 12.8. The van der Waals surface area contributed by atoms with Crippen LogP contribution in [0.3, 0.4) is 0 Å². The van der Waals surface area contributed by atoms with E-state index in [1.165, 1.54) is 64.2 Å². The summed E-state index contributed by atoms with van der Waals surface area (Å²) in [6.07, 6.45) is 19.4. The maximum atomic E-state index is 11.6. The summed E-state index contributed by atoms with van der Waals surface area (Å²) in [5.74, 6) is 0.598. The van der Waals surface area contributed by atoms with E-state index in [0.29, 0.717) is 24.4 Å². The molecule has 1 aliphatic rings. The van der Waals surface area contributed by atoms with Crippen molar-refractivity contribution < 1.29 is 19.1 Å². The minimum absolute atomic E-state index is 0.00363. The third kappa shape index (κ3) is 14.2. The van der Waals surface area contributed by atoms with Gasteiger partial charge in [-0.05, 0) is 32.6 Å². The van der Waals surface area contributed by atoms with Crippen LogP contribution in [0, 0.1) is 11.8 Å². The smallest absolute Gasteiger partial charge is 0.308 e. The highest BCUT2D eigenvalue weighted by atomic mass is 16.5. The van der Waals surface area contributed by atoms with Crippen LogP contribution in [0.15, 0.2) is 0 Å². The predicted molar refractivity (Wildman–Crippen MR) is 124 cm³/mol. The molecule has 0 aromatic carbocycles. The van der Waals surface area contributed by atoms with E-state index in [0.717, 1.165) is 45.1 Å². The topological polar surface area (TPSA) is 52.6 Å². The van der Waals surface area contributed by atoms with Crippen LogP contribution >= 0.6 is 0 Å². The third-order valence-electron chi connectivity index (χ3n) is 6.30. The van der Waals surface area contributed by atoms with Gasteiger partial charge < -0.3 is 14.3 Å². The first kappa shape index (κ1) is 27.1. The molecule has 1 aliphatic heterocycles. The van der Waals surface area contributed by atoms with E-state index >= 15 is 0 Å². The summed E-state index contributed by atoms with van der Waals surface area (Å²) in [4.78, 5) is 22.6. The predicted octanol–water partition coefficient (Wildman–Crippen LogP) is 7.03. The van der Waals surface area contributed by atoms with Crippen LogP contribution < -0.4 is 0 Å². The molecule has 0 N–H and O–H groups in total. The number of hydrogen-bond acceptors (Lipinski definition) is 4. The molecule has 3 unspecified atom stereocenters. The maximum Gasteiger partial charge on any atom is 0.308 e. The second kappa shape index (κ2) is 17.7. The standard InChI is InChI=1S/C26H48O4/c1-4-5-6-7-8-11-14-17-25(18-15-12-9-10-13-16-23(3)27)29-20-24-19-22(2)26(28)30-21-24/h22,24-25H,4-21H2,1-3H3. The van der Waals surface area contributed by atoms with Gasteiger partial charge in [0.1, 0.15) is 5.78 Å². The molecule has 0 aliphatic carbocycles. The molecule has 3 atom stereocenters. The summed E-state index contributed by atoms with van der Waals surface area (Å²) in [5, 5.41) is 0. The summed E-state index contributed by atoms with van der Waals surface area (Å²) in [6, 6.07) is 0. The highest BCUT2D eigenvalue weighted by molar-refractivity contribution is 5.75. The fourth-order valence-corrected chi connectivity index (χ4v) is 4.31. The van der Waals surface area contributed by atoms with Crippen molar-refractivity contribution in [3.8, 4) is 0 Å². The molecule has 0 radical (unpaired) electrons. The molecule has 1 fully saturated rings. The van der Waals surface area contributed by atoms with Crippen molar-refractivity contribution in [2.24, 2.45) is 11.8 Å². The number of ketones is 1. The van der Waals surface area contributed by atoms with Crippen molar-refractivity contribution in [3.63, 3.8) is 0 Å². The summed E-state index contributed by atoms with van der Waals surface area (Å²) < 4.78 is 11.6. The lowest BCUT2D eigenvalue weighted by Crippen LogP contribution is -2.32. The van der Waals surface area contributed by atoms with E-state index in [1.807, 2.05) is 6.92 Å². The van der Waals surface area contributed by atoms with Crippen molar-refractivity contribution in [2.75, 3.05) is 13.2 Å². The Kier molecular flexibility index (Phi) is 16.1. The second-order valence-corrected chi connectivity index (χ2v) is 9.51. The molecule has 0 aromatic rings. The lowest BCUT2D eigenvalue weighted by Gasteiger charge is -2.28. The number of rotatable bonds is 19. The molecule has 176 valence electrons. The van der Waals surface area contributed by atoms with Gasteiger partial charge in [0.25, 0.3) is 0 Å². The summed E-state index contributed by atoms with van der Waals surface area (Å²) in [7, 11) is 0. The SMILES string of the molecule is CCCCCCCCCC(CCCCCCCC(C)=O)OCC1COC(=O)C(C)C1. The van der Waals surface area contributed by atoms with Gasteiger partial charge in [0.15, 0.2) is 0 Å². The van der Waals surface area contributed by atoms with Gasteiger partial charge in [-0.3, -0.25) is 4.79 Å². The number of carbonyl (C=O) groups is 2. The summed E-state index contributed by atoms with van der Waals surface area (Å²) in [5.41, 5.74) is 0. The normalized spacial score (nSPS) is 20.2. The third-order valence-corrected chi connectivity index (χ3v) is 6.30. The Labute approximate surface area is 185 Å². The Bertz CT molecular complexity index is 448. The van der Waals surface area contributed by atoms with Crippen LogP contribution in [0.5, 0.6) is 0 Å². The number of hydrogen-bond donors (Lipinski definition) is 0. The van der Waals surface area contributed by atoms with Crippen LogP contribution in [0.25, 0.3) is 0 Å². The van der Waals surface area contributed by atoms with Crippen LogP contribution in [0.1, 0.15) is 124 Å². The Morgan fingerprint density at radius 1 is 0.967 bits per heavy atom. The van der Waals surface area contributed by atoms with Gasteiger partial charge in [0, 0.05) is 12.3 Å². The van der Waals surface area contributed by atoms with Gasteiger partial charge in [0.2, 0.25) is 0 Å². The molecule has 1 saturated heterocycles. The maximum absolute atomic E-state index is 11.6. The molecular weight excluding hydrogens is 376 g/mol. The van der Waals surface area contributed by atoms with Crippen molar-refractivity contribution in [3.05, 3.63) is 0 Å². The highest BCUT2D eigenvalue weighted by Crippen LogP contribution is 2.23. The van der Waals surface area contributed by atoms with E-state index in [1.54, 1.807) is 6.92 Å². The van der Waals surface area contributed by atoms with Crippen molar-refractivity contribution >= 4 is 11.8 Å². The van der Waals surface area contributed by atoms with Crippen LogP contribution in [0.2, 0.25) is 0 Å². The van der Waals surface area contributed by atoms with Crippen molar-refractivity contribution in [1.29, 1.82) is 0 Å². The molecular formula is C26H48O4. The Hall–Kier alpha value is -0.900. The largest absolute Gasteiger partial charge is 0.465 e. The monoisotopic (exact) mass is 424 g/mol. The van der Waals surface area contributed by atoms with Gasteiger partial charge in [-0.15, -0.1) is 0 Å². The number of ether oxygens (including phenoxy) is 2. The fourth-order valence-electron chi connectivity index (χ4n) is 4.31. The van der Waals surface area contributed by atoms with E-state index in [4.69, 9.17) is 9.47 Å². The fraction of sp³-hybridized carbons (Fsp3) is 0.923. The molecule has 0 spiro atoms. The Morgan fingerprint density at radius 3 is 2.10 bits per heavy atom. The van der Waals surface area contributed by atoms with Crippen LogP contribution in [-0.2, 0) is 19.1 Å². The lowest BCUT2D eigenvalue weighted by molar-refractivity contribution is -0.157. The van der Waals surface area contributed by atoms with E-state index in [-0.39, 0.29) is 11.9 Å². The molecule has 0 bridgehead atoms. The average Bonchev–Trinajstić information content (AvgIpc) is 2.72. The van der Waals surface area contributed by atoms with Crippen molar-refractivity contribution in [1.82, 2.24) is 0 Å². The first-order chi connectivity index (χ1) is 14.5. The molecule has 1 heterocycles. The molecule has 4 heteroatoms. The highest BCUT2D eigenvalue weighted by Gasteiger charge is 2.27. The quantitative estimate of drug-likeness (QED) is 0.165. The number of unbranched alkanes of at least 4 members (excludes halogenated alkanes) is 10. The van der Waals surface area contributed by atoms with E-state index < -0.39 is 0 Å². The molecule has 0 saturated carbocycles. The zero-order valence-electron chi connectivity index (χ0n) is 20.1. The zero-order valence-corrected chi connectivity index (χ0v) is 20.1. The minimum atomic E-state index is -0.0596. The number of esters is 1. The van der Waals surface area contributed by atoms with Crippen molar-refractivity contribution in [2.45, 2.75) is 130 Å². The van der Waals surface area contributed by atoms with Gasteiger partial charge >= 0.3 is 5.97 Å². The van der Waals surface area contributed by atoms with Gasteiger partial charge in [-0.2, -0.15) is 0 Å². The number of carbonyl (C=O) groups excluding carboxylic acids is 2. The molecule has 0 aromatic heterocycles. The molecule has 1 rings (SSSR count). The van der Waals surface area contributed by atoms with Gasteiger partial charge in [-0.25, -0.2) is 0 Å². The zero-order chi connectivity index (χ0) is 22.0. The minimum Gasteiger partial charge on any atom is -0.465 e. The van der Waals surface area contributed by atoms with Gasteiger partial charge in [-0.1, -0.05) is 84.5 Å². The van der Waals surface area contributed by atoms with Crippen LogP contribution in [-0.4, -0.2) is 31.1 Å². The number of cyclic esters (lactones) is 1. The second-order valence-electron chi connectivity index (χ2n) is 9.51. The average molecular weight is 425 g/mol. The summed E-state index contributed by atoms with van der Waals surface area (Å²) >= 11 is 0. The first-order valence-electron chi connectivity index (χ1n) is 12.8. The molecule has 30 heavy (non-hydrogen) atoms. The Morgan fingerprint density at radius 2 is 1.53 bits per heavy atom.